The van der Waals surface area contributed by atoms with Gasteiger partial charge in [-0.15, -0.1) is 11.3 Å². The van der Waals surface area contributed by atoms with E-state index in [0.29, 0.717) is 28.0 Å². The van der Waals surface area contributed by atoms with Crippen LogP contribution in [-0.2, 0) is 23.1 Å². The van der Waals surface area contributed by atoms with E-state index in [1.807, 2.05) is 17.5 Å². The van der Waals surface area contributed by atoms with Crippen molar-refractivity contribution in [1.29, 1.82) is 0 Å². The van der Waals surface area contributed by atoms with Crippen molar-refractivity contribution in [3.63, 3.8) is 0 Å². The van der Waals surface area contributed by atoms with Crippen molar-refractivity contribution in [2.45, 2.75) is 26.5 Å². The number of benzene rings is 1. The highest BCUT2D eigenvalue weighted by atomic mass is 32.1. The molecule has 164 valence electrons. The molecule has 0 fully saturated rings. The molecule has 4 aromatic rings. The zero-order valence-corrected chi connectivity index (χ0v) is 18.6. The van der Waals surface area contributed by atoms with Gasteiger partial charge in [0.25, 0.3) is 5.91 Å². The van der Waals surface area contributed by atoms with Gasteiger partial charge in [-0.1, -0.05) is 18.2 Å². The first-order valence-corrected chi connectivity index (χ1v) is 10.8. The molecule has 1 N–H and O–H groups in total. The number of nitrogens with one attached hydrogen (secondary N) is 1. The SMILES string of the molecule is Cc1nn(C)c2nc(-c3cccs3)cc(C(=O)OC(C)C(=O)NCc3ccc(F)cc3)c12. The zero-order valence-electron chi connectivity index (χ0n) is 17.8. The Bertz CT molecular complexity index is 1280. The molecule has 1 aromatic carbocycles. The summed E-state index contributed by atoms with van der Waals surface area (Å²) in [7, 11) is 1.77. The Balaban J connectivity index is 1.55. The fourth-order valence-corrected chi connectivity index (χ4v) is 4.06. The predicted molar refractivity (Wildman–Crippen MR) is 120 cm³/mol. The van der Waals surface area contributed by atoms with Crippen LogP contribution < -0.4 is 5.32 Å². The van der Waals surface area contributed by atoms with E-state index in [2.05, 4.69) is 15.4 Å². The first-order chi connectivity index (χ1) is 15.3. The second-order valence-corrected chi connectivity index (χ2v) is 8.28. The van der Waals surface area contributed by atoms with E-state index in [-0.39, 0.29) is 12.4 Å². The molecule has 0 aliphatic rings. The lowest BCUT2D eigenvalue weighted by molar-refractivity contribution is -0.129. The lowest BCUT2D eigenvalue weighted by Gasteiger charge is -2.14. The van der Waals surface area contributed by atoms with E-state index in [9.17, 15) is 14.0 Å². The summed E-state index contributed by atoms with van der Waals surface area (Å²) in [6, 6.07) is 11.3. The minimum Gasteiger partial charge on any atom is -0.449 e. The molecule has 0 spiro atoms. The van der Waals surface area contributed by atoms with Crippen molar-refractivity contribution in [2.24, 2.45) is 7.05 Å². The van der Waals surface area contributed by atoms with Gasteiger partial charge >= 0.3 is 5.97 Å². The number of esters is 1. The number of pyridine rings is 1. The molecule has 0 aliphatic carbocycles. The number of ether oxygens (including phenoxy) is 1. The summed E-state index contributed by atoms with van der Waals surface area (Å²) in [6.07, 6.45) is -1.02. The summed E-state index contributed by atoms with van der Waals surface area (Å²) in [5.74, 6) is -1.43. The number of hydrogen-bond donors (Lipinski definition) is 1. The van der Waals surface area contributed by atoms with E-state index in [1.165, 1.54) is 30.4 Å². The number of amides is 1. The lowest BCUT2D eigenvalue weighted by Crippen LogP contribution is -2.35. The zero-order chi connectivity index (χ0) is 22.8. The van der Waals surface area contributed by atoms with Crippen LogP contribution in [0.1, 0.15) is 28.5 Å². The van der Waals surface area contributed by atoms with Crippen LogP contribution in [0.15, 0.2) is 47.8 Å². The molecule has 0 bridgehead atoms. The number of aromatic nitrogens is 3. The van der Waals surface area contributed by atoms with Gasteiger partial charge in [0, 0.05) is 13.6 Å². The van der Waals surface area contributed by atoms with Crippen molar-refractivity contribution in [1.82, 2.24) is 20.1 Å². The lowest BCUT2D eigenvalue weighted by atomic mass is 10.1. The van der Waals surface area contributed by atoms with E-state index >= 15 is 0 Å². The highest BCUT2D eigenvalue weighted by Crippen LogP contribution is 2.29. The van der Waals surface area contributed by atoms with E-state index < -0.39 is 18.0 Å². The van der Waals surface area contributed by atoms with Crippen molar-refractivity contribution < 1.29 is 18.7 Å². The highest BCUT2D eigenvalue weighted by molar-refractivity contribution is 7.13. The van der Waals surface area contributed by atoms with Crippen LogP contribution in [0.3, 0.4) is 0 Å². The average molecular weight is 453 g/mol. The third kappa shape index (κ3) is 4.38. The van der Waals surface area contributed by atoms with E-state index in [0.717, 1.165) is 10.4 Å². The number of fused-ring (bicyclic) bond motifs is 1. The fraction of sp³-hybridized carbons (Fsp3) is 0.217. The smallest absolute Gasteiger partial charge is 0.339 e. The monoisotopic (exact) mass is 452 g/mol. The molecule has 0 radical (unpaired) electrons. The van der Waals surface area contributed by atoms with Crippen LogP contribution in [0.4, 0.5) is 4.39 Å². The number of hydrogen-bond acceptors (Lipinski definition) is 6. The number of carbonyl (C=O) groups is 2. The van der Waals surface area contributed by atoms with Gasteiger partial charge in [-0.05, 0) is 49.1 Å². The normalized spacial score (nSPS) is 12.0. The van der Waals surface area contributed by atoms with Gasteiger partial charge in [0.05, 0.1) is 27.2 Å². The van der Waals surface area contributed by atoms with Gasteiger partial charge in [-0.2, -0.15) is 5.10 Å². The van der Waals surface area contributed by atoms with Crippen molar-refractivity contribution in [2.75, 3.05) is 0 Å². The Morgan fingerprint density at radius 1 is 1.25 bits per heavy atom. The van der Waals surface area contributed by atoms with Crippen LogP contribution in [0.5, 0.6) is 0 Å². The largest absolute Gasteiger partial charge is 0.449 e. The number of aryl methyl sites for hydroxylation is 2. The number of carbonyl (C=O) groups excluding carboxylic acids is 2. The summed E-state index contributed by atoms with van der Waals surface area (Å²) < 4.78 is 20.1. The molecule has 0 saturated heterocycles. The van der Waals surface area contributed by atoms with E-state index in [1.54, 1.807) is 36.9 Å². The molecule has 1 unspecified atom stereocenters. The molecular weight excluding hydrogens is 431 g/mol. The number of nitrogens with zero attached hydrogens (tertiary/aromatic N) is 3. The first-order valence-electron chi connectivity index (χ1n) is 9.95. The summed E-state index contributed by atoms with van der Waals surface area (Å²) >= 11 is 1.51. The van der Waals surface area contributed by atoms with Gasteiger partial charge in [0.1, 0.15) is 5.82 Å². The minimum atomic E-state index is -1.02. The molecule has 4 rings (SSSR count). The molecule has 0 saturated carbocycles. The van der Waals surface area contributed by atoms with Crippen LogP contribution in [-0.4, -0.2) is 32.7 Å². The van der Waals surface area contributed by atoms with Crippen LogP contribution in [0.2, 0.25) is 0 Å². The predicted octanol–water partition coefficient (Wildman–Crippen LogP) is 4.01. The summed E-state index contributed by atoms with van der Waals surface area (Å²) in [5, 5.41) is 9.60. The molecule has 9 heteroatoms. The summed E-state index contributed by atoms with van der Waals surface area (Å²) in [4.78, 5) is 31.1. The average Bonchev–Trinajstić information content (AvgIpc) is 3.41. The Hall–Kier alpha value is -3.59. The third-order valence-electron chi connectivity index (χ3n) is 5.00. The second-order valence-electron chi connectivity index (χ2n) is 7.33. The Labute approximate surface area is 187 Å². The van der Waals surface area contributed by atoms with Gasteiger partial charge in [0.15, 0.2) is 11.8 Å². The number of rotatable bonds is 6. The van der Waals surface area contributed by atoms with Crippen molar-refractivity contribution in [3.05, 3.63) is 70.5 Å². The minimum absolute atomic E-state index is 0.199. The van der Waals surface area contributed by atoms with Gasteiger partial charge in [0.2, 0.25) is 0 Å². The van der Waals surface area contributed by atoms with Crippen LogP contribution in [0, 0.1) is 12.7 Å². The molecule has 7 nitrogen and oxygen atoms in total. The number of halogens is 1. The molecule has 1 atom stereocenters. The molecule has 1 amide bonds. The highest BCUT2D eigenvalue weighted by Gasteiger charge is 2.24. The Morgan fingerprint density at radius 3 is 2.69 bits per heavy atom. The summed E-state index contributed by atoms with van der Waals surface area (Å²) in [5.41, 5.74) is 2.89. The fourth-order valence-electron chi connectivity index (χ4n) is 3.37. The summed E-state index contributed by atoms with van der Waals surface area (Å²) in [6.45, 7) is 3.50. The Morgan fingerprint density at radius 2 is 2.00 bits per heavy atom. The topological polar surface area (TPSA) is 86.1 Å². The standard InChI is InChI=1S/C23H21FN4O3S/c1-13-20-17(11-18(19-5-4-10-32-19)26-21(20)28(3)27-13)23(30)31-14(2)22(29)25-12-15-6-8-16(24)9-7-15/h4-11,14H,12H2,1-3H3,(H,25,29). The first kappa shape index (κ1) is 21.6. The molecule has 0 aliphatic heterocycles. The maximum Gasteiger partial charge on any atom is 0.339 e. The van der Waals surface area contributed by atoms with Crippen molar-refractivity contribution in [3.8, 4) is 10.6 Å². The Kier molecular flexibility index (Phi) is 6.00. The number of thiophene rings is 1. The third-order valence-corrected chi connectivity index (χ3v) is 5.89. The molecule has 32 heavy (non-hydrogen) atoms. The molecular formula is C23H21FN4O3S. The van der Waals surface area contributed by atoms with Crippen LogP contribution >= 0.6 is 11.3 Å². The van der Waals surface area contributed by atoms with Crippen LogP contribution in [0.25, 0.3) is 21.6 Å². The second kappa shape index (κ2) is 8.88. The van der Waals surface area contributed by atoms with Crippen molar-refractivity contribution >= 4 is 34.2 Å². The maximum absolute atomic E-state index is 13.1. The van der Waals surface area contributed by atoms with Gasteiger partial charge in [-0.3, -0.25) is 9.48 Å². The maximum atomic E-state index is 13.1. The van der Waals surface area contributed by atoms with Gasteiger partial charge in [-0.25, -0.2) is 14.2 Å². The molecule has 3 aromatic heterocycles. The van der Waals surface area contributed by atoms with E-state index in [4.69, 9.17) is 4.74 Å². The molecule has 3 heterocycles. The quantitative estimate of drug-likeness (QED) is 0.447. The van der Waals surface area contributed by atoms with Gasteiger partial charge < -0.3 is 10.1 Å².